The van der Waals surface area contributed by atoms with Crippen LogP contribution < -0.4 is 15.4 Å². The summed E-state index contributed by atoms with van der Waals surface area (Å²) in [6.07, 6.45) is 3.32. The molecule has 1 aromatic rings. The van der Waals surface area contributed by atoms with Gasteiger partial charge in [0.25, 0.3) is 0 Å². The molecular formula is C19H32N4O4S. The van der Waals surface area contributed by atoms with E-state index in [9.17, 15) is 8.42 Å². The number of aryl methyl sites for hydroxylation is 1. The van der Waals surface area contributed by atoms with E-state index in [4.69, 9.17) is 9.47 Å². The highest BCUT2D eigenvalue weighted by molar-refractivity contribution is 7.89. The highest BCUT2D eigenvalue weighted by Crippen LogP contribution is 2.12. The van der Waals surface area contributed by atoms with Crippen LogP contribution in [0.25, 0.3) is 0 Å². The molecule has 1 heterocycles. The molecule has 1 aromatic carbocycles. The molecule has 0 saturated carbocycles. The van der Waals surface area contributed by atoms with Gasteiger partial charge in [0.2, 0.25) is 10.0 Å². The van der Waals surface area contributed by atoms with E-state index >= 15 is 0 Å². The maximum absolute atomic E-state index is 12.2. The van der Waals surface area contributed by atoms with Crippen LogP contribution in [0.4, 0.5) is 0 Å². The summed E-state index contributed by atoms with van der Waals surface area (Å²) in [6, 6.07) is 6.77. The molecule has 0 amide bonds. The van der Waals surface area contributed by atoms with Gasteiger partial charge in [0, 0.05) is 39.9 Å². The standard InChI is InChI=1S/C19H32N4O4S/c1-16-6-8-18(9-7-16)28(24,25)23-12-11-22-19(20-2)21-10-4-13-26-15-17-5-3-14-27-17/h6-9,17,23H,3-5,10-15H2,1-2H3,(H2,20,21,22). The van der Waals surface area contributed by atoms with E-state index in [1.54, 1.807) is 31.3 Å². The number of ether oxygens (including phenoxy) is 2. The van der Waals surface area contributed by atoms with Crippen molar-refractivity contribution in [3.63, 3.8) is 0 Å². The van der Waals surface area contributed by atoms with E-state index in [-0.39, 0.29) is 17.5 Å². The van der Waals surface area contributed by atoms with Gasteiger partial charge in [0.1, 0.15) is 0 Å². The van der Waals surface area contributed by atoms with Crippen molar-refractivity contribution in [2.75, 3.05) is 46.5 Å². The zero-order valence-corrected chi connectivity index (χ0v) is 17.6. The Bertz CT molecular complexity index is 701. The van der Waals surface area contributed by atoms with E-state index in [2.05, 4.69) is 20.3 Å². The van der Waals surface area contributed by atoms with Gasteiger partial charge in [-0.15, -0.1) is 0 Å². The third-order valence-corrected chi connectivity index (χ3v) is 5.83. The normalized spacial score (nSPS) is 17.6. The molecule has 0 aliphatic carbocycles. The second-order valence-electron chi connectivity index (χ2n) is 6.70. The Balaban J connectivity index is 1.55. The average Bonchev–Trinajstić information content (AvgIpc) is 3.20. The van der Waals surface area contributed by atoms with Gasteiger partial charge >= 0.3 is 0 Å². The number of aliphatic imine (C=N–C) groups is 1. The summed E-state index contributed by atoms with van der Waals surface area (Å²) in [6.45, 7) is 5.51. The van der Waals surface area contributed by atoms with Crippen molar-refractivity contribution in [3.8, 4) is 0 Å². The molecule has 9 heteroatoms. The first kappa shape index (κ1) is 22.6. The van der Waals surface area contributed by atoms with Gasteiger partial charge in [-0.1, -0.05) is 17.7 Å². The summed E-state index contributed by atoms with van der Waals surface area (Å²) in [5.74, 6) is 0.633. The summed E-state index contributed by atoms with van der Waals surface area (Å²) in [5.41, 5.74) is 1.02. The lowest BCUT2D eigenvalue weighted by Gasteiger charge is -2.13. The first-order chi connectivity index (χ1) is 13.5. The predicted octanol–water partition coefficient (Wildman–Crippen LogP) is 1.02. The molecule has 1 aliphatic rings. The van der Waals surface area contributed by atoms with E-state index in [1.165, 1.54) is 0 Å². The minimum absolute atomic E-state index is 0.256. The van der Waals surface area contributed by atoms with Gasteiger partial charge in [-0.3, -0.25) is 4.99 Å². The summed E-state index contributed by atoms with van der Waals surface area (Å²) in [7, 11) is -1.81. The third-order valence-electron chi connectivity index (χ3n) is 4.35. The maximum atomic E-state index is 12.2. The van der Waals surface area contributed by atoms with E-state index < -0.39 is 10.0 Å². The van der Waals surface area contributed by atoms with Gasteiger partial charge in [0.05, 0.1) is 17.6 Å². The van der Waals surface area contributed by atoms with Crippen LogP contribution in [0, 0.1) is 6.92 Å². The number of nitrogens with zero attached hydrogens (tertiary/aromatic N) is 1. The third kappa shape index (κ3) is 8.14. The topological polar surface area (TPSA) is 101 Å². The fourth-order valence-electron chi connectivity index (χ4n) is 2.76. The molecular weight excluding hydrogens is 380 g/mol. The Hall–Kier alpha value is -1.68. The Kier molecular flexibility index (Phi) is 9.69. The zero-order valence-electron chi connectivity index (χ0n) is 16.7. The molecule has 1 saturated heterocycles. The smallest absolute Gasteiger partial charge is 0.240 e. The average molecular weight is 413 g/mol. The fourth-order valence-corrected chi connectivity index (χ4v) is 3.79. The summed E-state index contributed by atoms with van der Waals surface area (Å²) in [4.78, 5) is 4.39. The SMILES string of the molecule is CN=C(NCCCOCC1CCCO1)NCCNS(=O)(=O)c1ccc(C)cc1. The number of benzene rings is 1. The zero-order chi connectivity index (χ0) is 20.2. The molecule has 0 spiro atoms. The molecule has 0 bridgehead atoms. The Labute approximate surface area is 168 Å². The quantitative estimate of drug-likeness (QED) is 0.285. The molecule has 0 aromatic heterocycles. The van der Waals surface area contributed by atoms with Crippen LogP contribution in [0.2, 0.25) is 0 Å². The molecule has 158 valence electrons. The van der Waals surface area contributed by atoms with Crippen LogP contribution in [-0.2, 0) is 19.5 Å². The van der Waals surface area contributed by atoms with Crippen LogP contribution in [0.1, 0.15) is 24.8 Å². The number of hydrogen-bond acceptors (Lipinski definition) is 5. The molecule has 8 nitrogen and oxygen atoms in total. The van der Waals surface area contributed by atoms with Gasteiger partial charge in [-0.25, -0.2) is 13.1 Å². The first-order valence-corrected chi connectivity index (χ1v) is 11.2. The van der Waals surface area contributed by atoms with Crippen molar-refractivity contribution in [1.29, 1.82) is 0 Å². The van der Waals surface area contributed by atoms with Crippen LogP contribution >= 0.6 is 0 Å². The Morgan fingerprint density at radius 3 is 2.64 bits per heavy atom. The summed E-state index contributed by atoms with van der Waals surface area (Å²) < 4.78 is 38.1. The molecule has 1 unspecified atom stereocenters. The second kappa shape index (κ2) is 12.0. The van der Waals surface area contributed by atoms with Crippen LogP contribution in [-0.4, -0.2) is 67.0 Å². The van der Waals surface area contributed by atoms with E-state index in [0.29, 0.717) is 25.7 Å². The minimum atomic E-state index is -3.49. The summed E-state index contributed by atoms with van der Waals surface area (Å²) >= 11 is 0. The lowest BCUT2D eigenvalue weighted by molar-refractivity contribution is 0.0168. The highest BCUT2D eigenvalue weighted by Gasteiger charge is 2.15. The predicted molar refractivity (Wildman–Crippen MR) is 110 cm³/mol. The van der Waals surface area contributed by atoms with Gasteiger partial charge in [-0.2, -0.15) is 0 Å². The van der Waals surface area contributed by atoms with Gasteiger partial charge in [-0.05, 0) is 38.3 Å². The van der Waals surface area contributed by atoms with Crippen molar-refractivity contribution < 1.29 is 17.9 Å². The van der Waals surface area contributed by atoms with Crippen molar-refractivity contribution >= 4 is 16.0 Å². The van der Waals surface area contributed by atoms with E-state index in [1.807, 2.05) is 6.92 Å². The lowest BCUT2D eigenvalue weighted by atomic mass is 10.2. The van der Waals surface area contributed by atoms with Crippen LogP contribution in [0.5, 0.6) is 0 Å². The molecule has 1 aliphatic heterocycles. The molecule has 0 radical (unpaired) electrons. The lowest BCUT2D eigenvalue weighted by Crippen LogP contribution is -2.42. The van der Waals surface area contributed by atoms with Crippen molar-refractivity contribution in [1.82, 2.24) is 15.4 Å². The fraction of sp³-hybridized carbons (Fsp3) is 0.632. The molecule has 3 N–H and O–H groups in total. The Morgan fingerprint density at radius 2 is 1.96 bits per heavy atom. The Morgan fingerprint density at radius 1 is 1.21 bits per heavy atom. The number of hydrogen-bond donors (Lipinski definition) is 3. The van der Waals surface area contributed by atoms with Crippen LogP contribution in [0.3, 0.4) is 0 Å². The van der Waals surface area contributed by atoms with Crippen molar-refractivity contribution in [2.45, 2.75) is 37.2 Å². The van der Waals surface area contributed by atoms with Crippen molar-refractivity contribution in [3.05, 3.63) is 29.8 Å². The van der Waals surface area contributed by atoms with Crippen molar-refractivity contribution in [2.24, 2.45) is 4.99 Å². The van der Waals surface area contributed by atoms with Gasteiger partial charge < -0.3 is 20.1 Å². The highest BCUT2D eigenvalue weighted by atomic mass is 32.2. The summed E-state index contributed by atoms with van der Waals surface area (Å²) in [5, 5.41) is 6.27. The number of guanidine groups is 1. The number of sulfonamides is 1. The molecule has 1 atom stereocenters. The first-order valence-electron chi connectivity index (χ1n) is 9.71. The number of rotatable bonds is 11. The van der Waals surface area contributed by atoms with Crippen LogP contribution in [0.15, 0.2) is 34.2 Å². The molecule has 1 fully saturated rings. The van der Waals surface area contributed by atoms with Gasteiger partial charge in [0.15, 0.2) is 5.96 Å². The largest absolute Gasteiger partial charge is 0.379 e. The van der Waals surface area contributed by atoms with E-state index in [0.717, 1.165) is 38.0 Å². The molecule has 2 rings (SSSR count). The molecule has 28 heavy (non-hydrogen) atoms. The second-order valence-corrected chi connectivity index (χ2v) is 8.47. The monoisotopic (exact) mass is 412 g/mol. The minimum Gasteiger partial charge on any atom is -0.379 e. The maximum Gasteiger partial charge on any atom is 0.240 e. The number of nitrogens with one attached hydrogen (secondary N) is 3.